The molecule has 0 radical (unpaired) electrons. The maximum atomic E-state index is 12.2. The van der Waals surface area contributed by atoms with E-state index < -0.39 is 0 Å². The van der Waals surface area contributed by atoms with Crippen molar-refractivity contribution in [3.63, 3.8) is 0 Å². The quantitative estimate of drug-likeness (QED) is 0.498. The maximum Gasteiger partial charge on any atom is 0.154 e. The van der Waals surface area contributed by atoms with Crippen LogP contribution in [0, 0.1) is 6.92 Å². The molecular formula is C27H24N2O. The predicted octanol–water partition coefficient (Wildman–Crippen LogP) is 6.17. The van der Waals surface area contributed by atoms with Crippen LogP contribution in [-0.2, 0) is 4.79 Å². The number of aliphatic imine (C=N–C) groups is 1. The number of carbonyl (C=O) groups excluding carboxylic acids is 1. The molecule has 30 heavy (non-hydrogen) atoms. The molecule has 3 nitrogen and oxygen atoms in total. The Labute approximate surface area is 177 Å². The normalized spacial score (nSPS) is 15.4. The summed E-state index contributed by atoms with van der Waals surface area (Å²) in [4.78, 5) is 19.4. The van der Waals surface area contributed by atoms with Crippen LogP contribution in [0.2, 0.25) is 0 Å². The molecule has 4 rings (SSSR count). The molecule has 1 aliphatic heterocycles. The van der Waals surface area contributed by atoms with Gasteiger partial charge in [0.1, 0.15) is 5.84 Å². The van der Waals surface area contributed by atoms with E-state index in [2.05, 4.69) is 60.4 Å². The first-order valence-corrected chi connectivity index (χ1v) is 10.0. The molecule has 0 aliphatic carbocycles. The predicted molar refractivity (Wildman–Crippen MR) is 124 cm³/mol. The minimum Gasteiger partial charge on any atom is -0.295 e. The van der Waals surface area contributed by atoms with E-state index in [1.807, 2.05) is 43.3 Å². The summed E-state index contributed by atoms with van der Waals surface area (Å²) in [7, 11) is 0. The van der Waals surface area contributed by atoms with Crippen molar-refractivity contribution in [2.24, 2.45) is 4.99 Å². The largest absolute Gasteiger partial charge is 0.295 e. The van der Waals surface area contributed by atoms with Gasteiger partial charge in [-0.1, -0.05) is 78.4 Å². The highest BCUT2D eigenvalue weighted by atomic mass is 16.1. The van der Waals surface area contributed by atoms with Crippen LogP contribution >= 0.6 is 0 Å². The van der Waals surface area contributed by atoms with Gasteiger partial charge in [0.2, 0.25) is 0 Å². The number of benzene rings is 3. The summed E-state index contributed by atoms with van der Waals surface area (Å²) in [5.41, 5.74) is 6.88. The topological polar surface area (TPSA) is 32.7 Å². The molecule has 0 fully saturated rings. The van der Waals surface area contributed by atoms with E-state index in [1.54, 1.807) is 13.0 Å². The summed E-state index contributed by atoms with van der Waals surface area (Å²) in [6.07, 6.45) is 1.70. The fourth-order valence-corrected chi connectivity index (χ4v) is 3.62. The molecule has 0 saturated heterocycles. The molecule has 0 amide bonds. The van der Waals surface area contributed by atoms with Crippen molar-refractivity contribution in [1.29, 1.82) is 0 Å². The highest BCUT2D eigenvalue weighted by Crippen LogP contribution is 2.36. The second-order valence-electron chi connectivity index (χ2n) is 7.45. The summed E-state index contributed by atoms with van der Waals surface area (Å²) in [6, 6.07) is 28.5. The Kier molecular flexibility index (Phi) is 5.44. The molecule has 0 aromatic heterocycles. The molecule has 0 bridgehead atoms. The third-order valence-electron chi connectivity index (χ3n) is 5.12. The summed E-state index contributed by atoms with van der Waals surface area (Å²) in [6.45, 7) is 5.68. The maximum absolute atomic E-state index is 12.2. The van der Waals surface area contributed by atoms with Crippen molar-refractivity contribution in [1.82, 2.24) is 0 Å². The first-order chi connectivity index (χ1) is 14.5. The van der Waals surface area contributed by atoms with Crippen molar-refractivity contribution in [2.45, 2.75) is 20.8 Å². The lowest BCUT2D eigenvalue weighted by molar-refractivity contribution is -0.112. The number of nitrogens with zero attached hydrogens (tertiary/aromatic N) is 2. The van der Waals surface area contributed by atoms with E-state index in [9.17, 15) is 4.79 Å². The van der Waals surface area contributed by atoms with Gasteiger partial charge in [-0.2, -0.15) is 0 Å². The molecule has 0 atom stereocenters. The third-order valence-corrected chi connectivity index (χ3v) is 5.12. The number of hydrogen-bond donors (Lipinski definition) is 0. The van der Waals surface area contributed by atoms with Gasteiger partial charge in [0.25, 0.3) is 0 Å². The lowest BCUT2D eigenvalue weighted by Gasteiger charge is -2.34. The van der Waals surface area contributed by atoms with E-state index in [0.717, 1.165) is 39.6 Å². The smallest absolute Gasteiger partial charge is 0.154 e. The summed E-state index contributed by atoms with van der Waals surface area (Å²) >= 11 is 0. The van der Waals surface area contributed by atoms with Crippen molar-refractivity contribution >= 4 is 23.0 Å². The second-order valence-corrected chi connectivity index (χ2v) is 7.45. The van der Waals surface area contributed by atoms with Crippen LogP contribution in [0.4, 0.5) is 5.69 Å². The highest BCUT2D eigenvalue weighted by molar-refractivity contribution is 6.17. The van der Waals surface area contributed by atoms with Crippen molar-refractivity contribution in [2.75, 3.05) is 4.90 Å². The van der Waals surface area contributed by atoms with Gasteiger partial charge < -0.3 is 0 Å². The van der Waals surface area contributed by atoms with Crippen LogP contribution in [0.3, 0.4) is 0 Å². The van der Waals surface area contributed by atoms with Crippen LogP contribution in [0.25, 0.3) is 5.70 Å². The average molecular weight is 393 g/mol. The Morgan fingerprint density at radius 1 is 0.800 bits per heavy atom. The molecule has 1 heterocycles. The Morgan fingerprint density at radius 2 is 1.37 bits per heavy atom. The van der Waals surface area contributed by atoms with Crippen molar-refractivity contribution in [3.8, 4) is 0 Å². The second kappa shape index (κ2) is 8.34. The number of anilines is 1. The van der Waals surface area contributed by atoms with Crippen LogP contribution < -0.4 is 4.90 Å². The molecule has 0 spiro atoms. The van der Waals surface area contributed by atoms with E-state index in [4.69, 9.17) is 4.99 Å². The molecule has 148 valence electrons. The zero-order chi connectivity index (χ0) is 21.1. The molecule has 3 aromatic carbocycles. The van der Waals surface area contributed by atoms with Gasteiger partial charge in [0, 0.05) is 22.9 Å². The molecule has 3 heteroatoms. The van der Waals surface area contributed by atoms with Crippen LogP contribution in [0.5, 0.6) is 0 Å². The number of amidine groups is 1. The molecule has 0 saturated carbocycles. The van der Waals surface area contributed by atoms with Gasteiger partial charge in [-0.25, -0.2) is 4.99 Å². The van der Waals surface area contributed by atoms with Gasteiger partial charge >= 0.3 is 0 Å². The highest BCUT2D eigenvalue weighted by Gasteiger charge is 2.28. The van der Waals surface area contributed by atoms with Gasteiger partial charge in [0.05, 0.1) is 11.4 Å². The zero-order valence-electron chi connectivity index (χ0n) is 17.5. The van der Waals surface area contributed by atoms with Gasteiger partial charge in [-0.15, -0.1) is 0 Å². The number of aryl methyl sites for hydroxylation is 1. The Bertz CT molecular complexity index is 1150. The summed E-state index contributed by atoms with van der Waals surface area (Å²) < 4.78 is 0. The van der Waals surface area contributed by atoms with E-state index in [-0.39, 0.29) is 5.78 Å². The van der Waals surface area contributed by atoms with Gasteiger partial charge in [-0.3, -0.25) is 9.69 Å². The molecule has 1 aliphatic rings. The van der Waals surface area contributed by atoms with Crippen LogP contribution in [0.15, 0.2) is 107 Å². The minimum absolute atomic E-state index is 0.00295. The molecule has 3 aromatic rings. The van der Waals surface area contributed by atoms with Gasteiger partial charge in [-0.05, 0) is 38.5 Å². The number of ketones is 1. The number of carbonyl (C=O) groups is 1. The number of hydrogen-bond acceptors (Lipinski definition) is 3. The van der Waals surface area contributed by atoms with E-state index in [1.165, 1.54) is 5.56 Å². The summed E-state index contributed by atoms with van der Waals surface area (Å²) in [5, 5.41) is 0. The summed E-state index contributed by atoms with van der Waals surface area (Å²) in [5.74, 6) is 0.805. The Morgan fingerprint density at radius 3 is 1.93 bits per heavy atom. The van der Waals surface area contributed by atoms with E-state index in [0.29, 0.717) is 0 Å². The monoisotopic (exact) mass is 392 g/mol. The van der Waals surface area contributed by atoms with Crippen LogP contribution in [-0.4, -0.2) is 11.6 Å². The Balaban J connectivity index is 2.00. The molecular weight excluding hydrogens is 368 g/mol. The number of allylic oxidation sites excluding steroid dienone is 2. The fourth-order valence-electron chi connectivity index (χ4n) is 3.62. The zero-order valence-corrected chi connectivity index (χ0v) is 17.5. The average Bonchev–Trinajstić information content (AvgIpc) is 2.77. The standard InChI is InChI=1S/C27H24N2O/c1-19-14-16-24(17-15-19)29-25(18-20(2)30)21(3)26(22-10-6-4-7-11-22)28-27(29)23-12-8-5-9-13-23/h4-18H,1-3H3. The van der Waals surface area contributed by atoms with Crippen molar-refractivity contribution in [3.05, 3.63) is 119 Å². The fraction of sp³-hybridized carbons (Fsp3) is 0.111. The minimum atomic E-state index is 0.00295. The first kappa shape index (κ1) is 19.6. The first-order valence-electron chi connectivity index (χ1n) is 10.0. The SMILES string of the molecule is CC(=O)C=C1C(C)=C(c2ccccc2)N=C(c2ccccc2)N1c1ccc(C)cc1. The Hall–Kier alpha value is -3.72. The van der Waals surface area contributed by atoms with Crippen LogP contribution in [0.1, 0.15) is 30.5 Å². The lowest BCUT2D eigenvalue weighted by Crippen LogP contribution is -2.35. The van der Waals surface area contributed by atoms with Gasteiger partial charge in [0.15, 0.2) is 5.78 Å². The van der Waals surface area contributed by atoms with E-state index >= 15 is 0 Å². The number of rotatable bonds is 4. The lowest BCUT2D eigenvalue weighted by atomic mass is 9.99. The van der Waals surface area contributed by atoms with Crippen molar-refractivity contribution < 1.29 is 4.79 Å². The molecule has 0 unspecified atom stereocenters. The third kappa shape index (κ3) is 3.87. The molecule has 0 N–H and O–H groups in total.